The molecule has 8 heteroatoms. The van der Waals surface area contributed by atoms with E-state index in [4.69, 9.17) is 14.2 Å². The van der Waals surface area contributed by atoms with Gasteiger partial charge in [0.25, 0.3) is 0 Å². The number of fused-ring (bicyclic) bond motifs is 1. The van der Waals surface area contributed by atoms with E-state index in [0.717, 1.165) is 10.0 Å². The van der Waals surface area contributed by atoms with Crippen molar-refractivity contribution in [2.75, 3.05) is 18.5 Å². The number of benzene rings is 2. The first-order valence-electron chi connectivity index (χ1n) is 8.59. The van der Waals surface area contributed by atoms with Crippen LogP contribution in [-0.2, 0) is 11.2 Å². The molecule has 0 radical (unpaired) electrons. The average molecular weight is 442 g/mol. The van der Waals surface area contributed by atoms with Gasteiger partial charge in [-0.3, -0.25) is 9.78 Å². The zero-order valence-corrected chi connectivity index (χ0v) is 16.3. The van der Waals surface area contributed by atoms with Crippen LogP contribution >= 0.6 is 15.9 Å². The molecule has 3 aromatic rings. The third-order valence-electron chi connectivity index (χ3n) is 3.94. The topological polar surface area (TPSA) is 82.6 Å². The van der Waals surface area contributed by atoms with Gasteiger partial charge in [0.05, 0.1) is 12.6 Å². The van der Waals surface area contributed by atoms with Gasteiger partial charge in [0, 0.05) is 28.6 Å². The Kier molecular flexibility index (Phi) is 5.38. The molecule has 28 heavy (non-hydrogen) atoms. The lowest BCUT2D eigenvalue weighted by Gasteiger charge is -2.19. The number of nitrogens with one attached hydrogen (secondary N) is 1. The fourth-order valence-electron chi connectivity index (χ4n) is 2.72. The highest BCUT2D eigenvalue weighted by Gasteiger charge is 2.16. The highest BCUT2D eigenvalue weighted by Crippen LogP contribution is 2.35. The third-order valence-corrected chi connectivity index (χ3v) is 4.68. The maximum absolute atomic E-state index is 12.5. The monoisotopic (exact) mass is 441 g/mol. The summed E-state index contributed by atoms with van der Waals surface area (Å²) >= 11 is 3.49. The van der Waals surface area contributed by atoms with Gasteiger partial charge in [-0.25, -0.2) is 4.98 Å². The molecule has 1 aliphatic rings. The van der Waals surface area contributed by atoms with Gasteiger partial charge in [-0.15, -0.1) is 0 Å². The third kappa shape index (κ3) is 4.40. The Labute approximate surface area is 169 Å². The van der Waals surface area contributed by atoms with Crippen molar-refractivity contribution in [1.29, 1.82) is 0 Å². The first kappa shape index (κ1) is 18.2. The summed E-state index contributed by atoms with van der Waals surface area (Å²) in [5.74, 6) is 2.10. The second kappa shape index (κ2) is 8.26. The van der Waals surface area contributed by atoms with Crippen molar-refractivity contribution in [1.82, 2.24) is 9.97 Å². The molecule has 142 valence electrons. The maximum atomic E-state index is 12.5. The van der Waals surface area contributed by atoms with Gasteiger partial charge >= 0.3 is 0 Å². The van der Waals surface area contributed by atoms with E-state index in [0.29, 0.717) is 42.0 Å². The molecule has 0 spiro atoms. The molecule has 0 saturated heterocycles. The number of hydrogen-bond donors (Lipinski definition) is 1. The van der Waals surface area contributed by atoms with Gasteiger partial charge in [-0.2, -0.15) is 0 Å². The lowest BCUT2D eigenvalue weighted by molar-refractivity contribution is -0.115. The summed E-state index contributed by atoms with van der Waals surface area (Å²) in [5, 5.41) is 2.88. The van der Waals surface area contributed by atoms with Gasteiger partial charge in [0.2, 0.25) is 11.8 Å². The Hall–Kier alpha value is -3.13. The molecule has 1 amide bonds. The Balaban J connectivity index is 1.43. The molecule has 7 nitrogen and oxygen atoms in total. The molecule has 0 saturated carbocycles. The highest BCUT2D eigenvalue weighted by molar-refractivity contribution is 9.10. The number of ether oxygens (including phenoxy) is 3. The fraction of sp³-hybridized carbons (Fsp3) is 0.150. The maximum Gasteiger partial charge on any atom is 0.237 e. The lowest BCUT2D eigenvalue weighted by Crippen LogP contribution is -2.17. The summed E-state index contributed by atoms with van der Waals surface area (Å²) in [6.07, 6.45) is 4.82. The van der Waals surface area contributed by atoms with Crippen LogP contribution < -0.4 is 19.5 Å². The van der Waals surface area contributed by atoms with Crippen molar-refractivity contribution in [3.63, 3.8) is 0 Å². The first-order chi connectivity index (χ1) is 13.7. The van der Waals surface area contributed by atoms with Crippen LogP contribution in [0.5, 0.6) is 23.1 Å². The largest absolute Gasteiger partial charge is 0.486 e. The first-order valence-corrected chi connectivity index (χ1v) is 9.38. The minimum absolute atomic E-state index is 0.158. The van der Waals surface area contributed by atoms with E-state index in [2.05, 4.69) is 31.2 Å². The van der Waals surface area contributed by atoms with Crippen molar-refractivity contribution in [3.8, 4) is 23.1 Å². The van der Waals surface area contributed by atoms with Gasteiger partial charge in [0.15, 0.2) is 11.5 Å². The lowest BCUT2D eigenvalue weighted by atomic mass is 10.1. The van der Waals surface area contributed by atoms with Gasteiger partial charge in [-0.05, 0) is 29.8 Å². The Morgan fingerprint density at radius 3 is 2.75 bits per heavy atom. The number of nitrogens with zero attached hydrogens (tertiary/aromatic N) is 2. The number of amides is 1. The van der Waals surface area contributed by atoms with Gasteiger partial charge < -0.3 is 19.5 Å². The van der Waals surface area contributed by atoms with Gasteiger partial charge in [-0.1, -0.05) is 22.0 Å². The van der Waals surface area contributed by atoms with Crippen molar-refractivity contribution >= 4 is 27.5 Å². The zero-order valence-electron chi connectivity index (χ0n) is 14.7. The second-order valence-corrected chi connectivity index (χ2v) is 6.84. The number of carbonyl (C=O) groups is 1. The van der Waals surface area contributed by atoms with Crippen LogP contribution in [0.4, 0.5) is 5.69 Å². The number of rotatable bonds is 5. The van der Waals surface area contributed by atoms with E-state index in [-0.39, 0.29) is 12.3 Å². The molecule has 0 fully saturated rings. The smallest absolute Gasteiger partial charge is 0.237 e. The van der Waals surface area contributed by atoms with Gasteiger partial charge in [0.1, 0.15) is 19.0 Å². The van der Waals surface area contributed by atoms with Crippen molar-refractivity contribution < 1.29 is 19.0 Å². The van der Waals surface area contributed by atoms with E-state index in [1.165, 1.54) is 6.20 Å². The summed E-state index contributed by atoms with van der Waals surface area (Å²) in [5.41, 5.74) is 1.44. The van der Waals surface area contributed by atoms with Crippen LogP contribution in [0.3, 0.4) is 0 Å². The van der Waals surface area contributed by atoms with Crippen LogP contribution in [0.25, 0.3) is 0 Å². The summed E-state index contributed by atoms with van der Waals surface area (Å²) in [4.78, 5) is 20.5. The molecule has 2 aromatic carbocycles. The summed E-state index contributed by atoms with van der Waals surface area (Å²) in [6.45, 7) is 1.02. The Morgan fingerprint density at radius 1 is 1.14 bits per heavy atom. The number of hydrogen-bond acceptors (Lipinski definition) is 6. The Bertz CT molecular complexity index is 998. The normalized spacial score (nSPS) is 12.3. The second-order valence-electron chi connectivity index (χ2n) is 5.99. The van der Waals surface area contributed by atoms with E-state index in [1.54, 1.807) is 36.7 Å². The minimum Gasteiger partial charge on any atom is -0.486 e. The van der Waals surface area contributed by atoms with E-state index >= 15 is 0 Å². The summed E-state index contributed by atoms with van der Waals surface area (Å²) in [6, 6.07) is 10.7. The fourth-order valence-corrected chi connectivity index (χ4v) is 3.18. The minimum atomic E-state index is -0.158. The molecule has 1 aromatic heterocycles. The number of aromatic nitrogens is 2. The van der Waals surface area contributed by atoms with E-state index < -0.39 is 0 Å². The Morgan fingerprint density at radius 2 is 1.96 bits per heavy atom. The van der Waals surface area contributed by atoms with E-state index in [1.807, 2.05) is 12.1 Å². The molecule has 1 aliphatic heterocycles. The molecular weight excluding hydrogens is 426 g/mol. The summed E-state index contributed by atoms with van der Waals surface area (Å²) in [7, 11) is 0. The van der Waals surface area contributed by atoms with Crippen molar-refractivity contribution in [2.45, 2.75) is 6.42 Å². The number of carbonyl (C=O) groups excluding carboxylic acids is 1. The van der Waals surface area contributed by atoms with Crippen molar-refractivity contribution in [2.24, 2.45) is 0 Å². The standard InChI is InChI=1S/C20H16BrN3O4/c21-16-11-18-17(26-6-7-27-18)8-13(16)9-19(25)24-14-2-1-3-15(10-14)28-20-12-22-4-5-23-20/h1-5,8,10-12H,6-7,9H2,(H,24,25). The van der Waals surface area contributed by atoms with Crippen LogP contribution in [-0.4, -0.2) is 29.1 Å². The number of anilines is 1. The predicted molar refractivity (Wildman–Crippen MR) is 106 cm³/mol. The molecule has 4 rings (SSSR count). The van der Waals surface area contributed by atoms with E-state index in [9.17, 15) is 4.79 Å². The molecule has 0 aliphatic carbocycles. The van der Waals surface area contributed by atoms with Crippen molar-refractivity contribution in [3.05, 3.63) is 65.0 Å². The molecule has 1 N–H and O–H groups in total. The quantitative estimate of drug-likeness (QED) is 0.644. The predicted octanol–water partition coefficient (Wildman–Crippen LogP) is 3.98. The highest BCUT2D eigenvalue weighted by atomic mass is 79.9. The van der Waals surface area contributed by atoms with Crippen LogP contribution in [0.2, 0.25) is 0 Å². The molecular formula is C20H16BrN3O4. The molecule has 0 bridgehead atoms. The van der Waals surface area contributed by atoms with Crippen LogP contribution in [0, 0.1) is 0 Å². The molecule has 0 unspecified atom stereocenters. The molecule has 0 atom stereocenters. The number of halogens is 1. The summed E-state index contributed by atoms with van der Waals surface area (Å²) < 4.78 is 17.6. The zero-order chi connectivity index (χ0) is 19.3. The van der Waals surface area contributed by atoms with Crippen LogP contribution in [0.15, 0.2) is 59.5 Å². The average Bonchev–Trinajstić information content (AvgIpc) is 2.69. The molecule has 2 heterocycles. The SMILES string of the molecule is O=C(Cc1cc2c(cc1Br)OCCO2)Nc1cccc(Oc2cnccn2)c1. The van der Waals surface area contributed by atoms with Crippen LogP contribution in [0.1, 0.15) is 5.56 Å².